The van der Waals surface area contributed by atoms with Crippen molar-refractivity contribution >= 4 is 29.5 Å². The number of carbonyl (C=O) groups is 3. The Kier molecular flexibility index (Phi) is 8.08. The third-order valence-electron chi connectivity index (χ3n) is 6.07. The summed E-state index contributed by atoms with van der Waals surface area (Å²) in [6.45, 7) is 4.27. The van der Waals surface area contributed by atoms with Crippen molar-refractivity contribution in [1.82, 2.24) is 29.9 Å². The van der Waals surface area contributed by atoms with E-state index >= 15 is 0 Å². The molecule has 3 amide bonds. The molecule has 1 aliphatic rings. The van der Waals surface area contributed by atoms with Crippen LogP contribution in [0, 0.1) is 5.82 Å². The van der Waals surface area contributed by atoms with E-state index in [-0.39, 0.29) is 43.6 Å². The first-order valence-electron chi connectivity index (χ1n) is 11.0. The number of amides is 3. The molecule has 1 atom stereocenters. The largest absolute Gasteiger partial charge is 0.465 e. The predicted molar refractivity (Wildman–Crippen MR) is 122 cm³/mol. The zero-order chi connectivity index (χ0) is 24.9. The van der Waals surface area contributed by atoms with Crippen molar-refractivity contribution in [3.8, 4) is 5.82 Å². The third kappa shape index (κ3) is 5.30. The molecule has 3 heterocycles. The van der Waals surface area contributed by atoms with E-state index in [0.717, 1.165) is 6.20 Å². The number of nitrogens with zero attached hydrogens (tertiary/aromatic N) is 5. The lowest BCUT2D eigenvalue weighted by molar-refractivity contribution is -0.150. The molecule has 0 spiro atoms. The Morgan fingerprint density at radius 2 is 2.00 bits per heavy atom. The number of alkyl halides is 1. The summed E-state index contributed by atoms with van der Waals surface area (Å²) < 4.78 is 14.5. The monoisotopic (exact) mass is 494 g/mol. The van der Waals surface area contributed by atoms with Crippen LogP contribution in [0.3, 0.4) is 0 Å². The van der Waals surface area contributed by atoms with Crippen molar-refractivity contribution in [2.45, 2.75) is 44.7 Å². The molecule has 1 unspecified atom stereocenters. The Bertz CT molecular complexity index is 1020. The molecule has 2 N–H and O–H groups in total. The Hall–Kier alpha value is -3.21. The minimum Gasteiger partial charge on any atom is -0.465 e. The number of halogens is 2. The Balaban J connectivity index is 1.81. The van der Waals surface area contributed by atoms with Crippen molar-refractivity contribution in [2.24, 2.45) is 0 Å². The molecule has 0 aromatic carbocycles. The predicted octanol–water partition coefficient (Wildman–Crippen LogP) is 2.57. The highest BCUT2D eigenvalue weighted by atomic mass is 35.5. The molecule has 0 radical (unpaired) electrons. The summed E-state index contributed by atoms with van der Waals surface area (Å²) in [5.41, 5.74) is -0.504. The van der Waals surface area contributed by atoms with Gasteiger partial charge in [-0.25, -0.2) is 18.9 Å². The number of pyridine rings is 1. The van der Waals surface area contributed by atoms with Gasteiger partial charge in [-0.1, -0.05) is 13.0 Å². The summed E-state index contributed by atoms with van der Waals surface area (Å²) in [5.74, 6) is -1.06. The van der Waals surface area contributed by atoms with E-state index < -0.39 is 23.5 Å². The van der Waals surface area contributed by atoms with E-state index in [1.165, 1.54) is 20.7 Å². The molecule has 1 saturated heterocycles. The first-order valence-corrected chi connectivity index (χ1v) is 11.6. The molecule has 0 aliphatic carbocycles. The number of likely N-dealkylation sites (tertiary alicyclic amines) is 1. The number of carboxylic acid groups (broad SMARTS) is 1. The lowest BCUT2D eigenvalue weighted by Gasteiger charge is -2.47. The maximum atomic E-state index is 13.6. The van der Waals surface area contributed by atoms with Gasteiger partial charge in [0.15, 0.2) is 11.6 Å². The zero-order valence-corrected chi connectivity index (χ0v) is 19.8. The van der Waals surface area contributed by atoms with Crippen LogP contribution in [-0.4, -0.2) is 78.6 Å². The smallest absolute Gasteiger partial charge is 0.407 e. The second kappa shape index (κ2) is 10.8. The number of carbonyl (C=O) groups excluding carboxylic acids is 2. The van der Waals surface area contributed by atoms with Gasteiger partial charge in [-0.3, -0.25) is 9.59 Å². The first kappa shape index (κ1) is 25.4. The summed E-state index contributed by atoms with van der Waals surface area (Å²) in [5, 5.41) is 16.2. The topological polar surface area (TPSA) is 121 Å². The number of piperidine rings is 1. The van der Waals surface area contributed by atoms with Crippen molar-refractivity contribution in [1.29, 1.82) is 0 Å². The molecule has 184 valence electrons. The van der Waals surface area contributed by atoms with E-state index in [1.807, 2.05) is 6.92 Å². The minimum absolute atomic E-state index is 0.129. The summed E-state index contributed by atoms with van der Waals surface area (Å²) >= 11 is 5.85. The molecular weight excluding hydrogens is 467 g/mol. The second-order valence-corrected chi connectivity index (χ2v) is 8.50. The molecule has 2 aromatic heterocycles. The average molecular weight is 495 g/mol. The van der Waals surface area contributed by atoms with Crippen molar-refractivity contribution in [2.75, 3.05) is 25.5 Å². The van der Waals surface area contributed by atoms with Gasteiger partial charge in [0, 0.05) is 25.8 Å². The van der Waals surface area contributed by atoms with E-state index in [1.54, 1.807) is 25.3 Å². The molecule has 12 heteroatoms. The number of rotatable bonds is 8. The highest BCUT2D eigenvalue weighted by molar-refractivity contribution is 6.27. The van der Waals surface area contributed by atoms with Crippen LogP contribution < -0.4 is 5.32 Å². The molecule has 34 heavy (non-hydrogen) atoms. The van der Waals surface area contributed by atoms with Crippen LogP contribution in [0.4, 0.5) is 9.18 Å². The number of hydrogen-bond acceptors (Lipinski definition) is 5. The van der Waals surface area contributed by atoms with Crippen LogP contribution in [0.2, 0.25) is 0 Å². The van der Waals surface area contributed by atoms with Crippen molar-refractivity contribution in [3.05, 3.63) is 42.1 Å². The number of aromatic nitrogens is 3. The van der Waals surface area contributed by atoms with Gasteiger partial charge in [-0.2, -0.15) is 5.10 Å². The van der Waals surface area contributed by atoms with Crippen LogP contribution in [0.1, 0.15) is 44.7 Å². The third-order valence-corrected chi connectivity index (χ3v) is 6.30. The number of nitrogens with one attached hydrogen (secondary N) is 1. The quantitative estimate of drug-likeness (QED) is 0.544. The lowest BCUT2D eigenvalue weighted by Crippen LogP contribution is -2.65. The van der Waals surface area contributed by atoms with Crippen LogP contribution in [0.25, 0.3) is 5.82 Å². The maximum Gasteiger partial charge on any atom is 0.407 e. The second-order valence-electron chi connectivity index (χ2n) is 8.23. The van der Waals surface area contributed by atoms with Crippen molar-refractivity contribution in [3.63, 3.8) is 0 Å². The summed E-state index contributed by atoms with van der Waals surface area (Å²) in [7, 11) is 0. The van der Waals surface area contributed by atoms with Gasteiger partial charge < -0.3 is 20.2 Å². The zero-order valence-electron chi connectivity index (χ0n) is 19.1. The molecule has 0 bridgehead atoms. The molecule has 3 rings (SSSR count). The van der Waals surface area contributed by atoms with Crippen LogP contribution >= 0.6 is 11.6 Å². The first-order chi connectivity index (χ1) is 16.2. The van der Waals surface area contributed by atoms with E-state index in [4.69, 9.17) is 11.6 Å². The Morgan fingerprint density at radius 1 is 1.29 bits per heavy atom. The molecular formula is C22H28ClFN6O4. The molecule has 2 aromatic rings. The molecule has 10 nitrogen and oxygen atoms in total. The van der Waals surface area contributed by atoms with Gasteiger partial charge >= 0.3 is 6.09 Å². The fraction of sp³-hybridized carbons (Fsp3) is 0.500. The Labute approximate surface area is 201 Å². The summed E-state index contributed by atoms with van der Waals surface area (Å²) in [6.07, 6.45) is 3.75. The lowest BCUT2D eigenvalue weighted by atomic mass is 9.83. The van der Waals surface area contributed by atoms with Crippen molar-refractivity contribution < 1.29 is 23.9 Å². The highest BCUT2D eigenvalue weighted by Crippen LogP contribution is 2.31. The Morgan fingerprint density at radius 3 is 2.50 bits per heavy atom. The van der Waals surface area contributed by atoms with Gasteiger partial charge in [0.25, 0.3) is 0 Å². The fourth-order valence-corrected chi connectivity index (χ4v) is 4.33. The minimum atomic E-state index is -1.21. The van der Waals surface area contributed by atoms with E-state index in [9.17, 15) is 23.9 Å². The van der Waals surface area contributed by atoms with Crippen LogP contribution in [0.15, 0.2) is 30.7 Å². The van der Waals surface area contributed by atoms with Gasteiger partial charge in [-0.15, -0.1) is 11.6 Å². The summed E-state index contributed by atoms with van der Waals surface area (Å²) in [4.78, 5) is 44.7. The molecule has 0 saturated carbocycles. The fourth-order valence-electron chi connectivity index (χ4n) is 4.19. The maximum absolute atomic E-state index is 13.6. The number of hydrogen-bond donors (Lipinski definition) is 2. The average Bonchev–Trinajstić information content (AvgIpc) is 3.28. The van der Waals surface area contributed by atoms with Gasteiger partial charge in [0.1, 0.15) is 11.4 Å². The summed E-state index contributed by atoms with van der Waals surface area (Å²) in [6, 6.07) is 2.96. The van der Waals surface area contributed by atoms with E-state index in [0.29, 0.717) is 24.3 Å². The van der Waals surface area contributed by atoms with Crippen LogP contribution in [-0.2, 0) is 9.59 Å². The molecule has 1 fully saturated rings. The van der Waals surface area contributed by atoms with Crippen LogP contribution in [0.5, 0.6) is 0 Å². The molecule has 1 aliphatic heterocycles. The van der Waals surface area contributed by atoms with E-state index in [2.05, 4.69) is 15.4 Å². The van der Waals surface area contributed by atoms with Gasteiger partial charge in [0.2, 0.25) is 11.8 Å². The normalized spacial score (nSPS) is 16.1. The van der Waals surface area contributed by atoms with Gasteiger partial charge in [-0.05, 0) is 37.8 Å². The standard InChI is InChI=1S/C22H28ClFN6O4/c1-3-8-29(19(31)11-23)22(6-9-28(10-7-22)21(33)34)20(32)27-15(2)16-4-5-18(25-12-16)30-14-17(24)13-26-30/h4-5,12-15H,3,6-11H2,1-2H3,(H,27,32)(H,33,34). The van der Waals surface area contributed by atoms with Gasteiger partial charge in [0.05, 0.1) is 18.4 Å². The SMILES string of the molecule is CCCN(C(=O)CCl)C1(C(=O)NC(C)c2ccc(-n3cc(F)cn3)nc2)CCN(C(=O)O)CC1. The highest BCUT2D eigenvalue weighted by Gasteiger charge is 2.48.